The Morgan fingerprint density at radius 2 is 1.00 bits per heavy atom. The molecule has 1 aliphatic heterocycles. The highest BCUT2D eigenvalue weighted by Gasteiger charge is 2.46. The number of nitrogens with one attached hydrogen (secondary N) is 4. The second-order valence-electron chi connectivity index (χ2n) is 26.6. The molecule has 1 fully saturated rings. The number of amides is 11. The molecular weight excluding hydrogens is 1160 g/mol. The maximum absolute atomic E-state index is 15.2. The summed E-state index contributed by atoms with van der Waals surface area (Å²) in [6.07, 6.45) is 2.29. The molecule has 13 atom stereocenters. The fourth-order valence-electron chi connectivity index (χ4n) is 11.3. The van der Waals surface area contributed by atoms with Gasteiger partial charge < -0.3 is 70.5 Å². The fraction of sp³-hybridized carbons (Fsp3) is 0.800. The average Bonchev–Trinajstić information content (AvgIpc) is 0.859. The van der Waals surface area contributed by atoms with Crippen LogP contribution in [0, 0.1) is 35.5 Å². The third kappa shape index (κ3) is 23.2. The van der Waals surface area contributed by atoms with Crippen LogP contribution in [-0.4, -0.2) is 251 Å². The van der Waals surface area contributed by atoms with Gasteiger partial charge in [-0.1, -0.05) is 102 Å². The quantitative estimate of drug-likeness (QED) is 0.0755. The van der Waals surface area contributed by atoms with Gasteiger partial charge in [-0.2, -0.15) is 0 Å². The summed E-state index contributed by atoms with van der Waals surface area (Å²) in [7, 11) is 8.42. The van der Waals surface area contributed by atoms with E-state index in [1.54, 1.807) is 74.5 Å². The highest BCUT2D eigenvalue weighted by atomic mass is 16.5. The maximum Gasteiger partial charge on any atom is 0.246 e. The van der Waals surface area contributed by atoms with Gasteiger partial charge in [0, 0.05) is 68.0 Å². The van der Waals surface area contributed by atoms with Gasteiger partial charge in [0.15, 0.2) is 0 Å². The molecule has 0 aromatic rings. The minimum atomic E-state index is -1.66. The summed E-state index contributed by atoms with van der Waals surface area (Å²) in [6, 6.07) is -13.0. The number of likely N-dealkylation sites (N-methyl/N-ethyl adjacent to an activating group) is 6. The van der Waals surface area contributed by atoms with Gasteiger partial charge in [0.05, 0.1) is 18.8 Å². The number of ether oxygens (including phenoxy) is 1. The zero-order valence-electron chi connectivity index (χ0n) is 58.7. The van der Waals surface area contributed by atoms with Gasteiger partial charge in [0.25, 0.3) is 0 Å². The second kappa shape index (κ2) is 38.6. The predicted molar refractivity (Wildman–Crippen MR) is 345 cm³/mol. The Hall–Kier alpha value is -6.21. The van der Waals surface area contributed by atoms with Crippen LogP contribution in [0.1, 0.15) is 163 Å². The first kappa shape index (κ1) is 81.8. The number of hydrogen-bond donors (Lipinski definition) is 6. The molecule has 0 aromatic heterocycles. The standard InChI is InChI=1S/C65H117N11O14/c1-24-29-42(14)55(79)54-59(83)68-46(26-3)61(85)76(30-25-2)36-50(78)73(21)53(45(17)90-32-28-27-31-77)58(82)69-51(40(10)11)64(88)70(18)47(33-37(4)5)57(81)66-43(15)56(80)67-44(16)60(84)71(19)48(34-38(6)7)62(86)72(20)49(35-39(8)9)63(87)74(22)52(41(12)13)65(89)75(54)23/h24,29,37-49,51-55,77,79H,25-28,30-36H2,1-23H3,(H,66,81)(H,67,80)(H,68,83)(H,69,82)/b29-24+/t42-,43+,44-,45-,46+,47+,48+,49+,51+,52+,53?,54+,55-/m1/s1. The van der Waals surface area contributed by atoms with Crippen molar-refractivity contribution in [1.29, 1.82) is 0 Å². The van der Waals surface area contributed by atoms with Crippen LogP contribution in [0.2, 0.25) is 0 Å². The molecule has 11 amide bonds. The van der Waals surface area contributed by atoms with Gasteiger partial charge in [0.2, 0.25) is 65.0 Å². The van der Waals surface area contributed by atoms with Crippen molar-refractivity contribution in [3.8, 4) is 0 Å². The number of hydrogen-bond acceptors (Lipinski definition) is 14. The average molecular weight is 1280 g/mol. The minimum absolute atomic E-state index is 0.00736. The van der Waals surface area contributed by atoms with E-state index in [0.29, 0.717) is 19.3 Å². The zero-order valence-corrected chi connectivity index (χ0v) is 58.7. The van der Waals surface area contributed by atoms with Crippen LogP contribution < -0.4 is 21.3 Å². The summed E-state index contributed by atoms with van der Waals surface area (Å²) in [4.78, 5) is 171. The number of rotatable bonds is 20. The Balaban J connectivity index is 4.45. The molecule has 0 bridgehead atoms. The monoisotopic (exact) mass is 1280 g/mol. The van der Waals surface area contributed by atoms with E-state index in [1.807, 2.05) is 41.5 Å². The summed E-state index contributed by atoms with van der Waals surface area (Å²) in [5.74, 6) is -10.3. The van der Waals surface area contributed by atoms with Crippen molar-refractivity contribution in [3.05, 3.63) is 12.2 Å². The molecule has 25 heteroatoms. The van der Waals surface area contributed by atoms with E-state index in [9.17, 15) is 53.4 Å². The highest BCUT2D eigenvalue weighted by molar-refractivity contribution is 5.99. The van der Waals surface area contributed by atoms with Crippen LogP contribution in [0.3, 0.4) is 0 Å². The second-order valence-corrected chi connectivity index (χ2v) is 26.6. The predicted octanol–water partition coefficient (Wildman–Crippen LogP) is 2.79. The van der Waals surface area contributed by atoms with Crippen molar-refractivity contribution in [3.63, 3.8) is 0 Å². The molecule has 6 N–H and O–H groups in total. The van der Waals surface area contributed by atoms with Crippen molar-refractivity contribution < 1.29 is 67.7 Å². The number of allylic oxidation sites excluding steroid dienone is 1. The van der Waals surface area contributed by atoms with Gasteiger partial charge in [-0.25, -0.2) is 0 Å². The van der Waals surface area contributed by atoms with Crippen molar-refractivity contribution in [2.75, 3.05) is 68.6 Å². The van der Waals surface area contributed by atoms with Gasteiger partial charge >= 0.3 is 0 Å². The van der Waals surface area contributed by atoms with E-state index >= 15 is 9.59 Å². The number of aliphatic hydroxyl groups is 2. The molecular formula is C65H117N11O14. The van der Waals surface area contributed by atoms with Crippen molar-refractivity contribution >= 4 is 65.0 Å². The molecule has 1 unspecified atom stereocenters. The third-order valence-corrected chi connectivity index (χ3v) is 16.8. The number of carbonyl (C=O) groups is 11. The van der Waals surface area contributed by atoms with E-state index in [-0.39, 0.29) is 63.2 Å². The van der Waals surface area contributed by atoms with Gasteiger partial charge in [-0.3, -0.25) is 52.7 Å². The lowest BCUT2D eigenvalue weighted by atomic mass is 9.93. The topological polar surface area (TPSA) is 308 Å². The zero-order chi connectivity index (χ0) is 69.5. The molecule has 0 aromatic carbocycles. The molecule has 0 radical (unpaired) electrons. The largest absolute Gasteiger partial charge is 0.396 e. The van der Waals surface area contributed by atoms with E-state index in [0.717, 1.165) is 9.80 Å². The first-order chi connectivity index (χ1) is 41.8. The molecule has 1 aliphatic rings. The Morgan fingerprint density at radius 3 is 1.48 bits per heavy atom. The maximum atomic E-state index is 15.2. The molecule has 1 heterocycles. The normalized spacial score (nSPS) is 26.4. The summed E-state index contributed by atoms with van der Waals surface area (Å²) in [6.45, 7) is 28.6. The molecule has 90 heavy (non-hydrogen) atoms. The molecule has 0 saturated carbocycles. The smallest absolute Gasteiger partial charge is 0.246 e. The van der Waals surface area contributed by atoms with Crippen molar-refractivity contribution in [1.82, 2.24) is 55.6 Å². The summed E-state index contributed by atoms with van der Waals surface area (Å²) < 4.78 is 6.10. The summed E-state index contributed by atoms with van der Waals surface area (Å²) in [5.41, 5.74) is 0. The third-order valence-electron chi connectivity index (χ3n) is 16.8. The molecule has 0 aliphatic carbocycles. The fourth-order valence-corrected chi connectivity index (χ4v) is 11.3. The Labute approximate surface area is 537 Å². The number of unbranched alkanes of at least 4 members (excludes halogenated alkanes) is 1. The SMILES string of the molecule is C/C=C/[C@@H](C)[C@@H](O)[C@H]1C(=O)N[C@@H](CC)C(=O)N(CCC)CC(=O)N(C)C([C@@H](C)OCCCCO)C(=O)N[C@@H](C(C)C)C(=O)N(C)[C@@H](CC(C)C)C(=O)N[C@@H](C)C(=O)N[C@H](C)C(=O)N(C)[C@@H](CC(C)C)C(=O)N(C)[C@@H](CC(C)C)C(=O)N(C)[C@@H](C(C)C)C(=O)N1C. The van der Waals surface area contributed by atoms with E-state index in [1.165, 1.54) is 80.6 Å². The van der Waals surface area contributed by atoms with Crippen LogP contribution in [0.4, 0.5) is 0 Å². The van der Waals surface area contributed by atoms with Crippen molar-refractivity contribution in [2.24, 2.45) is 35.5 Å². The van der Waals surface area contributed by atoms with Crippen LogP contribution in [0.25, 0.3) is 0 Å². The summed E-state index contributed by atoms with van der Waals surface area (Å²) >= 11 is 0. The Morgan fingerprint density at radius 1 is 0.522 bits per heavy atom. The Bertz CT molecular complexity index is 2420. The first-order valence-electron chi connectivity index (χ1n) is 32.4. The van der Waals surface area contributed by atoms with E-state index in [4.69, 9.17) is 4.74 Å². The highest BCUT2D eigenvalue weighted by Crippen LogP contribution is 2.25. The molecule has 0 spiro atoms. The van der Waals surface area contributed by atoms with E-state index in [2.05, 4.69) is 21.3 Å². The lowest BCUT2D eigenvalue weighted by Crippen LogP contribution is -2.63. The summed E-state index contributed by atoms with van der Waals surface area (Å²) in [5, 5.41) is 32.6. The number of aliphatic hydroxyl groups excluding tert-OH is 2. The number of carbonyl (C=O) groups excluding carboxylic acids is 11. The lowest BCUT2D eigenvalue weighted by Gasteiger charge is -2.41. The molecule has 25 nitrogen and oxygen atoms in total. The van der Waals surface area contributed by atoms with Gasteiger partial charge in [0.1, 0.15) is 60.4 Å². The first-order valence-corrected chi connectivity index (χ1v) is 32.4. The van der Waals surface area contributed by atoms with Crippen LogP contribution in [0.5, 0.6) is 0 Å². The number of nitrogens with zero attached hydrogens (tertiary/aromatic N) is 7. The van der Waals surface area contributed by atoms with E-state index < -0.39 is 162 Å². The molecule has 516 valence electrons. The van der Waals surface area contributed by atoms with Gasteiger partial charge in [-0.05, 0) is 102 Å². The minimum Gasteiger partial charge on any atom is -0.396 e. The molecule has 1 saturated heterocycles. The Kier molecular flexibility index (Phi) is 35.1. The van der Waals surface area contributed by atoms with Crippen LogP contribution >= 0.6 is 0 Å². The van der Waals surface area contributed by atoms with Crippen LogP contribution in [0.15, 0.2) is 12.2 Å². The van der Waals surface area contributed by atoms with Crippen molar-refractivity contribution in [2.45, 2.75) is 235 Å². The lowest BCUT2D eigenvalue weighted by molar-refractivity contribution is -0.157. The molecule has 1 rings (SSSR count). The van der Waals surface area contributed by atoms with Gasteiger partial charge in [-0.15, -0.1) is 0 Å². The van der Waals surface area contributed by atoms with Crippen LogP contribution in [-0.2, 0) is 57.5 Å².